The van der Waals surface area contributed by atoms with Crippen LogP contribution < -0.4 is 5.43 Å². The van der Waals surface area contributed by atoms with Crippen LogP contribution in [0.5, 0.6) is 0 Å². The molecule has 0 atom stereocenters. The highest BCUT2D eigenvalue weighted by atomic mass is 35.5. The minimum Gasteiger partial charge on any atom is -0.346 e. The van der Waals surface area contributed by atoms with Gasteiger partial charge in [-0.05, 0) is 24.6 Å². The Balaban J connectivity index is 3.01. The Morgan fingerprint density at radius 1 is 1.47 bits per heavy atom. The Labute approximate surface area is 90.9 Å². The first kappa shape index (κ1) is 9.75. The molecule has 0 bridgehead atoms. The van der Waals surface area contributed by atoms with Crippen LogP contribution in [0.4, 0.5) is 0 Å². The lowest BCUT2D eigenvalue weighted by Gasteiger charge is -2.03. The minimum absolute atomic E-state index is 0.167. The van der Waals surface area contributed by atoms with Crippen molar-refractivity contribution in [2.45, 2.75) is 6.92 Å². The number of aromatic nitrogens is 1. The van der Waals surface area contributed by atoms with Crippen molar-refractivity contribution in [1.29, 1.82) is 5.26 Å². The third-order valence-electron chi connectivity index (χ3n) is 2.32. The predicted molar refractivity (Wildman–Crippen MR) is 59.0 cm³/mol. The maximum Gasteiger partial charge on any atom is 0.190 e. The third-order valence-corrected chi connectivity index (χ3v) is 2.73. The summed E-state index contributed by atoms with van der Waals surface area (Å²) in [4.78, 5) is 14.5. The normalized spacial score (nSPS) is 10.2. The third kappa shape index (κ3) is 1.49. The van der Waals surface area contributed by atoms with E-state index in [2.05, 4.69) is 4.98 Å². The van der Waals surface area contributed by atoms with E-state index in [0.29, 0.717) is 15.9 Å². The number of hydrogen-bond donors (Lipinski definition) is 1. The van der Waals surface area contributed by atoms with Crippen LogP contribution in [0.25, 0.3) is 10.9 Å². The first-order valence-corrected chi connectivity index (χ1v) is 4.73. The van der Waals surface area contributed by atoms with E-state index in [0.717, 1.165) is 5.56 Å². The first-order chi connectivity index (χ1) is 7.13. The fraction of sp³-hybridized carbons (Fsp3) is 0.0909. The van der Waals surface area contributed by atoms with E-state index in [1.807, 2.05) is 13.0 Å². The van der Waals surface area contributed by atoms with Gasteiger partial charge < -0.3 is 4.98 Å². The summed E-state index contributed by atoms with van der Waals surface area (Å²) in [5.41, 5.74) is 1.49. The molecule has 0 spiro atoms. The minimum atomic E-state index is -0.167. The molecule has 4 heteroatoms. The van der Waals surface area contributed by atoms with Crippen molar-refractivity contribution in [2.75, 3.05) is 0 Å². The van der Waals surface area contributed by atoms with Crippen molar-refractivity contribution in [2.24, 2.45) is 0 Å². The first-order valence-electron chi connectivity index (χ1n) is 4.35. The zero-order valence-corrected chi connectivity index (χ0v) is 8.72. The number of pyridine rings is 1. The summed E-state index contributed by atoms with van der Waals surface area (Å²) >= 11 is 5.93. The SMILES string of the molecule is Cc1c(Cl)ccc2c(=O)cc(C#N)[nH]c12. The van der Waals surface area contributed by atoms with Gasteiger partial charge in [0.15, 0.2) is 5.43 Å². The Kier molecular flexibility index (Phi) is 2.22. The monoisotopic (exact) mass is 218 g/mol. The fourth-order valence-electron chi connectivity index (χ4n) is 1.49. The number of halogens is 1. The molecule has 2 rings (SSSR count). The molecule has 0 fully saturated rings. The molecule has 0 aliphatic rings. The van der Waals surface area contributed by atoms with Gasteiger partial charge in [-0.2, -0.15) is 5.26 Å². The van der Waals surface area contributed by atoms with Gasteiger partial charge in [0, 0.05) is 16.5 Å². The number of rotatable bonds is 0. The molecule has 0 aliphatic carbocycles. The largest absolute Gasteiger partial charge is 0.346 e. The summed E-state index contributed by atoms with van der Waals surface area (Å²) in [6, 6.07) is 6.53. The number of nitriles is 1. The summed E-state index contributed by atoms with van der Waals surface area (Å²) in [7, 11) is 0. The molecular weight excluding hydrogens is 212 g/mol. The van der Waals surface area contributed by atoms with Crippen molar-refractivity contribution >= 4 is 22.5 Å². The Morgan fingerprint density at radius 3 is 2.87 bits per heavy atom. The van der Waals surface area contributed by atoms with E-state index in [-0.39, 0.29) is 11.1 Å². The molecule has 15 heavy (non-hydrogen) atoms. The van der Waals surface area contributed by atoms with E-state index in [4.69, 9.17) is 16.9 Å². The number of nitrogens with zero attached hydrogens (tertiary/aromatic N) is 1. The highest BCUT2D eigenvalue weighted by Gasteiger charge is 2.06. The molecular formula is C11H7ClN2O. The quantitative estimate of drug-likeness (QED) is 0.738. The Hall–Kier alpha value is -1.79. The maximum absolute atomic E-state index is 11.6. The number of fused-ring (bicyclic) bond motifs is 1. The molecule has 1 aromatic carbocycles. The molecule has 1 heterocycles. The number of aryl methyl sites for hydroxylation is 1. The van der Waals surface area contributed by atoms with Crippen molar-refractivity contribution in [1.82, 2.24) is 4.98 Å². The fourth-order valence-corrected chi connectivity index (χ4v) is 1.65. The van der Waals surface area contributed by atoms with Gasteiger partial charge in [0.25, 0.3) is 0 Å². The molecule has 0 radical (unpaired) electrons. The van der Waals surface area contributed by atoms with Gasteiger partial charge in [-0.15, -0.1) is 0 Å². The van der Waals surface area contributed by atoms with Crippen LogP contribution in [0.3, 0.4) is 0 Å². The standard InChI is InChI=1S/C11H7ClN2O/c1-6-9(12)3-2-8-10(15)4-7(5-13)14-11(6)8/h2-4H,1H3,(H,14,15). The van der Waals surface area contributed by atoms with Crippen molar-refractivity contribution in [3.8, 4) is 6.07 Å². The van der Waals surface area contributed by atoms with Gasteiger partial charge in [-0.3, -0.25) is 4.79 Å². The van der Waals surface area contributed by atoms with Crippen LogP contribution in [-0.4, -0.2) is 4.98 Å². The van der Waals surface area contributed by atoms with Crippen LogP contribution in [0.2, 0.25) is 5.02 Å². The van der Waals surface area contributed by atoms with Crippen molar-refractivity contribution < 1.29 is 0 Å². The molecule has 1 N–H and O–H groups in total. The summed E-state index contributed by atoms with van der Waals surface area (Å²) < 4.78 is 0. The molecule has 0 unspecified atom stereocenters. The highest BCUT2D eigenvalue weighted by molar-refractivity contribution is 6.32. The van der Waals surface area contributed by atoms with E-state index in [9.17, 15) is 4.79 Å². The summed E-state index contributed by atoms with van der Waals surface area (Å²) in [6.45, 7) is 1.81. The second-order valence-electron chi connectivity index (χ2n) is 3.25. The van der Waals surface area contributed by atoms with Gasteiger partial charge in [0.1, 0.15) is 11.8 Å². The summed E-state index contributed by atoms with van der Waals surface area (Å²) in [5.74, 6) is 0. The zero-order chi connectivity index (χ0) is 11.0. The van der Waals surface area contributed by atoms with Gasteiger partial charge >= 0.3 is 0 Å². The van der Waals surface area contributed by atoms with Crippen LogP contribution in [-0.2, 0) is 0 Å². The van der Waals surface area contributed by atoms with E-state index in [1.165, 1.54) is 6.07 Å². The van der Waals surface area contributed by atoms with E-state index >= 15 is 0 Å². The van der Waals surface area contributed by atoms with Crippen molar-refractivity contribution in [3.05, 3.63) is 44.7 Å². The molecule has 2 aromatic rings. The van der Waals surface area contributed by atoms with Gasteiger partial charge in [0.2, 0.25) is 0 Å². The second-order valence-corrected chi connectivity index (χ2v) is 3.66. The lowest BCUT2D eigenvalue weighted by Crippen LogP contribution is -2.04. The average Bonchev–Trinajstić information content (AvgIpc) is 2.23. The molecule has 0 saturated carbocycles. The summed E-state index contributed by atoms with van der Waals surface area (Å²) in [6.07, 6.45) is 0. The van der Waals surface area contributed by atoms with E-state index in [1.54, 1.807) is 12.1 Å². The number of H-pyrrole nitrogens is 1. The van der Waals surface area contributed by atoms with Gasteiger partial charge in [0.05, 0.1) is 5.52 Å². The summed E-state index contributed by atoms with van der Waals surface area (Å²) in [5, 5.41) is 9.86. The topological polar surface area (TPSA) is 56.6 Å². The lowest BCUT2D eigenvalue weighted by atomic mass is 10.1. The number of hydrogen-bond acceptors (Lipinski definition) is 2. The lowest BCUT2D eigenvalue weighted by molar-refractivity contribution is 1.29. The Bertz CT molecular complexity index is 637. The van der Waals surface area contributed by atoms with Gasteiger partial charge in [-0.1, -0.05) is 11.6 Å². The number of nitrogens with one attached hydrogen (secondary N) is 1. The number of aromatic amines is 1. The van der Waals surface area contributed by atoms with E-state index < -0.39 is 0 Å². The molecule has 0 saturated heterocycles. The molecule has 0 aliphatic heterocycles. The molecule has 0 amide bonds. The Morgan fingerprint density at radius 2 is 2.20 bits per heavy atom. The zero-order valence-electron chi connectivity index (χ0n) is 7.97. The van der Waals surface area contributed by atoms with Crippen LogP contribution in [0, 0.1) is 18.3 Å². The highest BCUT2D eigenvalue weighted by Crippen LogP contribution is 2.21. The molecule has 3 nitrogen and oxygen atoms in total. The molecule has 1 aromatic heterocycles. The van der Waals surface area contributed by atoms with Crippen LogP contribution in [0.15, 0.2) is 23.0 Å². The average molecular weight is 219 g/mol. The number of benzene rings is 1. The van der Waals surface area contributed by atoms with Crippen LogP contribution >= 0.6 is 11.6 Å². The predicted octanol–water partition coefficient (Wildman–Crippen LogP) is 2.36. The van der Waals surface area contributed by atoms with Crippen molar-refractivity contribution in [3.63, 3.8) is 0 Å². The van der Waals surface area contributed by atoms with Crippen LogP contribution in [0.1, 0.15) is 11.3 Å². The maximum atomic E-state index is 11.6. The smallest absolute Gasteiger partial charge is 0.190 e. The molecule has 74 valence electrons. The second kappa shape index (κ2) is 3.41. The van der Waals surface area contributed by atoms with Gasteiger partial charge in [-0.25, -0.2) is 0 Å².